The lowest BCUT2D eigenvalue weighted by molar-refractivity contribution is -0.143. The van der Waals surface area contributed by atoms with Gasteiger partial charge in [-0.3, -0.25) is 9.69 Å². The molecule has 0 bridgehead atoms. The van der Waals surface area contributed by atoms with Crippen LogP contribution in [0.2, 0.25) is 0 Å². The van der Waals surface area contributed by atoms with Crippen molar-refractivity contribution in [1.29, 1.82) is 0 Å². The molecule has 2 heterocycles. The first-order valence-electron chi connectivity index (χ1n) is 9.95. The summed E-state index contributed by atoms with van der Waals surface area (Å²) < 4.78 is 18.4. The van der Waals surface area contributed by atoms with E-state index in [1.165, 1.54) is 0 Å². The smallest absolute Gasteiger partial charge is 0.267 e. The highest BCUT2D eigenvalue weighted by Gasteiger charge is 2.32. The lowest BCUT2D eigenvalue weighted by Gasteiger charge is -2.37. The number of nitrogens with zero attached hydrogens (tertiary/aromatic N) is 2. The fourth-order valence-electron chi connectivity index (χ4n) is 3.68. The number of hydrogen-bond acceptors (Lipinski definition) is 5. The van der Waals surface area contributed by atoms with Crippen LogP contribution in [0.4, 0.5) is 0 Å². The molecule has 2 aliphatic rings. The van der Waals surface area contributed by atoms with Crippen LogP contribution >= 0.6 is 15.9 Å². The van der Waals surface area contributed by atoms with Crippen LogP contribution in [0.1, 0.15) is 12.5 Å². The molecule has 1 fully saturated rings. The second kappa shape index (κ2) is 9.05. The molecule has 1 amide bonds. The average Bonchev–Trinajstić information content (AvgIpc) is 2.75. The number of carbonyl (C=O) groups excluding carboxylic acids is 1. The van der Waals surface area contributed by atoms with Crippen molar-refractivity contribution in [2.75, 3.05) is 39.4 Å². The molecule has 2 aromatic carbocycles. The molecule has 0 radical (unpaired) electrons. The van der Waals surface area contributed by atoms with Crippen molar-refractivity contribution in [2.45, 2.75) is 19.6 Å². The van der Waals surface area contributed by atoms with Crippen LogP contribution in [0.5, 0.6) is 17.2 Å². The summed E-state index contributed by atoms with van der Waals surface area (Å²) >= 11 is 3.54. The maximum atomic E-state index is 12.9. The molecule has 0 N–H and O–H groups in total. The molecule has 2 aliphatic heterocycles. The maximum absolute atomic E-state index is 12.9. The van der Waals surface area contributed by atoms with Crippen molar-refractivity contribution in [3.8, 4) is 17.2 Å². The quantitative estimate of drug-likeness (QED) is 0.684. The van der Waals surface area contributed by atoms with Crippen LogP contribution < -0.4 is 14.2 Å². The maximum Gasteiger partial charge on any atom is 0.267 e. The molecule has 6 nitrogen and oxygen atoms in total. The van der Waals surface area contributed by atoms with Crippen LogP contribution in [0.3, 0.4) is 0 Å². The Morgan fingerprint density at radius 1 is 1.14 bits per heavy atom. The van der Waals surface area contributed by atoms with Gasteiger partial charge < -0.3 is 19.1 Å². The summed E-state index contributed by atoms with van der Waals surface area (Å²) in [4.78, 5) is 17.1. The number of amides is 1. The van der Waals surface area contributed by atoms with Crippen molar-refractivity contribution < 1.29 is 19.0 Å². The topological polar surface area (TPSA) is 51.2 Å². The molecular formula is C22H25BrN2O4. The number of carbonyl (C=O) groups is 1. The molecule has 1 unspecified atom stereocenters. The first kappa shape index (κ1) is 20.0. The van der Waals surface area contributed by atoms with Crippen molar-refractivity contribution in [3.63, 3.8) is 0 Å². The number of para-hydroxylation sites is 2. The van der Waals surface area contributed by atoms with E-state index in [9.17, 15) is 4.79 Å². The first-order valence-corrected chi connectivity index (χ1v) is 10.7. The Hall–Kier alpha value is -2.25. The van der Waals surface area contributed by atoms with E-state index >= 15 is 0 Å². The molecule has 0 aromatic heterocycles. The highest BCUT2D eigenvalue weighted by atomic mass is 79.9. The number of fused-ring (bicyclic) bond motifs is 1. The third kappa shape index (κ3) is 4.67. The van der Waals surface area contributed by atoms with Gasteiger partial charge in [0.05, 0.1) is 6.61 Å². The van der Waals surface area contributed by atoms with Crippen LogP contribution in [-0.2, 0) is 11.3 Å². The number of ether oxygens (including phenoxy) is 3. The van der Waals surface area contributed by atoms with Gasteiger partial charge in [0.15, 0.2) is 11.5 Å². The molecule has 1 atom stereocenters. The van der Waals surface area contributed by atoms with Crippen LogP contribution in [0.25, 0.3) is 0 Å². The van der Waals surface area contributed by atoms with Crippen LogP contribution in [-0.4, -0.2) is 61.2 Å². The van der Waals surface area contributed by atoms with E-state index in [-0.39, 0.29) is 12.5 Å². The van der Waals surface area contributed by atoms with Gasteiger partial charge in [-0.25, -0.2) is 0 Å². The second-order valence-corrected chi connectivity index (χ2v) is 8.07. The molecule has 0 aliphatic carbocycles. The number of hydrogen-bond donors (Lipinski definition) is 0. The van der Waals surface area contributed by atoms with Gasteiger partial charge in [-0.1, -0.05) is 28.1 Å². The molecule has 7 heteroatoms. The monoisotopic (exact) mass is 460 g/mol. The van der Waals surface area contributed by atoms with Crippen molar-refractivity contribution >= 4 is 21.8 Å². The molecule has 154 valence electrons. The fraction of sp³-hybridized carbons (Fsp3) is 0.409. The van der Waals surface area contributed by atoms with E-state index in [1.807, 2.05) is 48.2 Å². The highest BCUT2D eigenvalue weighted by Crippen LogP contribution is 2.31. The molecule has 29 heavy (non-hydrogen) atoms. The van der Waals surface area contributed by atoms with Crippen molar-refractivity contribution in [3.05, 3.63) is 52.5 Å². The average molecular weight is 461 g/mol. The summed E-state index contributed by atoms with van der Waals surface area (Å²) in [5, 5.41) is 0. The Morgan fingerprint density at radius 2 is 1.90 bits per heavy atom. The van der Waals surface area contributed by atoms with E-state index in [1.54, 1.807) is 0 Å². The summed E-state index contributed by atoms with van der Waals surface area (Å²) in [5.41, 5.74) is 1.15. The highest BCUT2D eigenvalue weighted by molar-refractivity contribution is 9.10. The number of halogens is 1. The molecule has 0 spiro atoms. The molecule has 1 saturated heterocycles. The molecule has 4 rings (SSSR count). The lowest BCUT2D eigenvalue weighted by Crippen LogP contribution is -2.53. The molecular weight excluding hydrogens is 436 g/mol. The summed E-state index contributed by atoms with van der Waals surface area (Å²) in [6.07, 6.45) is -0.578. The Balaban J connectivity index is 1.33. The third-order valence-electron chi connectivity index (χ3n) is 5.18. The minimum absolute atomic E-state index is 0.00314. The normalized spacial score (nSPS) is 19.1. The summed E-state index contributed by atoms with van der Waals surface area (Å²) in [7, 11) is 0. The van der Waals surface area contributed by atoms with Crippen molar-refractivity contribution in [2.24, 2.45) is 0 Å². The Morgan fingerprint density at radius 3 is 2.66 bits per heavy atom. The number of benzene rings is 2. The zero-order valence-electron chi connectivity index (χ0n) is 16.5. The van der Waals surface area contributed by atoms with Crippen LogP contribution in [0, 0.1) is 0 Å². The van der Waals surface area contributed by atoms with E-state index in [2.05, 4.69) is 26.9 Å². The summed E-state index contributed by atoms with van der Waals surface area (Å²) in [6.45, 7) is 6.67. The van der Waals surface area contributed by atoms with Gasteiger partial charge in [-0.05, 0) is 37.3 Å². The minimum Gasteiger partial charge on any atom is -0.494 e. The largest absolute Gasteiger partial charge is 0.494 e. The second-order valence-electron chi connectivity index (χ2n) is 7.15. The van der Waals surface area contributed by atoms with Gasteiger partial charge in [0.1, 0.15) is 12.4 Å². The number of rotatable bonds is 5. The molecule has 2 aromatic rings. The fourth-order valence-corrected chi connectivity index (χ4v) is 4.09. The summed E-state index contributed by atoms with van der Waals surface area (Å²) in [6, 6.07) is 13.6. The lowest BCUT2D eigenvalue weighted by atomic mass is 10.1. The predicted octanol–water partition coefficient (Wildman–Crippen LogP) is 3.33. The summed E-state index contributed by atoms with van der Waals surface area (Å²) in [5.74, 6) is 2.24. The predicted molar refractivity (Wildman–Crippen MR) is 114 cm³/mol. The van der Waals surface area contributed by atoms with Gasteiger partial charge in [0.2, 0.25) is 6.10 Å². The Kier molecular flexibility index (Phi) is 6.25. The van der Waals surface area contributed by atoms with Gasteiger partial charge in [0, 0.05) is 42.8 Å². The first-order chi connectivity index (χ1) is 14.1. The SMILES string of the molecule is CCOc1ccc(Br)cc1CN1CCN(C(=O)C2COc3ccccc3O2)CC1. The van der Waals surface area contributed by atoms with Gasteiger partial charge in [-0.2, -0.15) is 0 Å². The standard InChI is InChI=1S/C22H25BrN2O4/c1-2-27-18-8-7-17(23)13-16(18)14-24-9-11-25(12-10-24)22(26)21-15-28-19-5-3-4-6-20(19)29-21/h3-8,13,21H,2,9-12,14-15H2,1H3. The van der Waals surface area contributed by atoms with Crippen molar-refractivity contribution in [1.82, 2.24) is 9.80 Å². The van der Waals surface area contributed by atoms with E-state index < -0.39 is 6.10 Å². The minimum atomic E-state index is -0.578. The Labute approximate surface area is 179 Å². The zero-order valence-corrected chi connectivity index (χ0v) is 18.1. The van der Waals surface area contributed by atoms with E-state index in [0.717, 1.165) is 35.4 Å². The van der Waals surface area contributed by atoms with E-state index in [4.69, 9.17) is 14.2 Å². The van der Waals surface area contributed by atoms with Gasteiger partial charge in [-0.15, -0.1) is 0 Å². The number of piperazine rings is 1. The zero-order chi connectivity index (χ0) is 20.2. The Bertz CT molecular complexity index is 868. The van der Waals surface area contributed by atoms with Gasteiger partial charge in [0.25, 0.3) is 5.91 Å². The van der Waals surface area contributed by atoms with E-state index in [0.29, 0.717) is 31.2 Å². The molecule has 0 saturated carbocycles. The van der Waals surface area contributed by atoms with Gasteiger partial charge >= 0.3 is 0 Å². The third-order valence-corrected chi connectivity index (χ3v) is 5.68. The van der Waals surface area contributed by atoms with Crippen LogP contribution in [0.15, 0.2) is 46.9 Å².